The number of nitrogens with zero attached hydrogens (tertiary/aromatic N) is 5. The minimum atomic E-state index is 0.680. The van der Waals surface area contributed by atoms with Crippen LogP contribution in [0.1, 0.15) is 5.76 Å². The molecule has 0 N–H and O–H groups in total. The molecule has 116 valence electrons. The van der Waals surface area contributed by atoms with E-state index in [2.05, 4.69) is 15.2 Å². The van der Waals surface area contributed by atoms with Gasteiger partial charge in [0.05, 0.1) is 0 Å². The van der Waals surface area contributed by atoms with E-state index in [9.17, 15) is 0 Å². The number of para-hydroxylation sites is 1. The molecule has 1 aromatic carbocycles. The summed E-state index contributed by atoms with van der Waals surface area (Å²) in [4.78, 5) is 4.14. The maximum atomic E-state index is 5.93. The van der Waals surface area contributed by atoms with Crippen molar-refractivity contribution in [3.05, 3.63) is 60.6 Å². The van der Waals surface area contributed by atoms with Crippen molar-refractivity contribution >= 4 is 28.4 Å². The van der Waals surface area contributed by atoms with E-state index in [1.54, 1.807) is 28.8 Å². The van der Waals surface area contributed by atoms with E-state index in [-0.39, 0.29) is 0 Å². The lowest BCUT2D eigenvalue weighted by Gasteiger charge is -2.11. The zero-order chi connectivity index (χ0) is 15.9. The third-order valence-corrected chi connectivity index (χ3v) is 4.73. The molecule has 0 fully saturated rings. The van der Waals surface area contributed by atoms with Gasteiger partial charge in [-0.05, 0) is 24.3 Å². The summed E-state index contributed by atoms with van der Waals surface area (Å²) in [5.74, 6) is 2.16. The van der Waals surface area contributed by atoms with Crippen LogP contribution in [0.4, 0.5) is 0 Å². The number of hydrogen-bond donors (Lipinski definition) is 0. The predicted molar refractivity (Wildman–Crippen MR) is 92.1 cm³/mol. The standard InChI is InChI=1S/C17H11N5OS/c1-2-6-14-11(4-1)8-15(23-14)13-10-24-17-20-19-16(22(17)21-13)12-5-3-7-18-9-12/h1-9H,10H2. The number of benzene rings is 1. The summed E-state index contributed by atoms with van der Waals surface area (Å²) in [6.45, 7) is 0. The number of fused-ring (bicyclic) bond motifs is 2. The van der Waals surface area contributed by atoms with Crippen LogP contribution in [0.2, 0.25) is 0 Å². The van der Waals surface area contributed by atoms with Gasteiger partial charge in [-0.2, -0.15) is 9.78 Å². The van der Waals surface area contributed by atoms with Crippen molar-refractivity contribution in [3.63, 3.8) is 0 Å². The average molecular weight is 333 g/mol. The van der Waals surface area contributed by atoms with Crippen molar-refractivity contribution < 1.29 is 4.42 Å². The van der Waals surface area contributed by atoms with E-state index >= 15 is 0 Å². The lowest BCUT2D eigenvalue weighted by molar-refractivity contribution is 0.601. The number of thioether (sulfide) groups is 1. The normalized spacial score (nSPS) is 13.8. The van der Waals surface area contributed by atoms with Gasteiger partial charge in [-0.15, -0.1) is 10.2 Å². The fourth-order valence-electron chi connectivity index (χ4n) is 2.65. The minimum absolute atomic E-state index is 0.680. The van der Waals surface area contributed by atoms with Crippen LogP contribution in [0.3, 0.4) is 0 Å². The van der Waals surface area contributed by atoms with Gasteiger partial charge in [0.25, 0.3) is 0 Å². The molecule has 5 rings (SSSR count). The highest BCUT2D eigenvalue weighted by atomic mass is 32.2. The van der Waals surface area contributed by atoms with Crippen molar-refractivity contribution in [2.24, 2.45) is 5.10 Å². The summed E-state index contributed by atoms with van der Waals surface area (Å²) in [7, 11) is 0. The molecule has 0 amide bonds. The number of pyridine rings is 1. The largest absolute Gasteiger partial charge is 0.455 e. The number of rotatable bonds is 2. The van der Waals surface area contributed by atoms with E-state index in [0.717, 1.165) is 33.2 Å². The molecular formula is C17H11N5OS. The van der Waals surface area contributed by atoms with Gasteiger partial charge in [-0.1, -0.05) is 30.0 Å². The summed E-state index contributed by atoms with van der Waals surface area (Å²) in [6.07, 6.45) is 3.49. The summed E-state index contributed by atoms with van der Waals surface area (Å²) in [5.41, 5.74) is 2.61. The van der Waals surface area contributed by atoms with Gasteiger partial charge < -0.3 is 4.42 Å². The Balaban J connectivity index is 1.62. The summed E-state index contributed by atoms with van der Waals surface area (Å²) in [5, 5.41) is 15.0. The van der Waals surface area contributed by atoms with Gasteiger partial charge in [-0.25, -0.2) is 0 Å². The molecule has 4 heterocycles. The van der Waals surface area contributed by atoms with Crippen LogP contribution < -0.4 is 0 Å². The topological polar surface area (TPSA) is 69.1 Å². The molecule has 3 aromatic heterocycles. The third kappa shape index (κ3) is 2.13. The summed E-state index contributed by atoms with van der Waals surface area (Å²) < 4.78 is 7.69. The molecule has 7 heteroatoms. The van der Waals surface area contributed by atoms with Gasteiger partial charge >= 0.3 is 0 Å². The molecule has 1 aliphatic rings. The predicted octanol–water partition coefficient (Wildman–Crippen LogP) is 3.44. The van der Waals surface area contributed by atoms with E-state index in [1.807, 2.05) is 42.5 Å². The fourth-order valence-corrected chi connectivity index (χ4v) is 3.46. The lowest BCUT2D eigenvalue weighted by Crippen LogP contribution is -2.13. The Hall–Kier alpha value is -2.93. The van der Waals surface area contributed by atoms with Gasteiger partial charge in [-0.3, -0.25) is 4.98 Å². The van der Waals surface area contributed by atoms with E-state index in [4.69, 9.17) is 9.52 Å². The van der Waals surface area contributed by atoms with E-state index in [1.165, 1.54) is 0 Å². The fraction of sp³-hybridized carbons (Fsp3) is 0.0588. The number of hydrogen-bond acceptors (Lipinski definition) is 6. The molecule has 6 nitrogen and oxygen atoms in total. The molecule has 24 heavy (non-hydrogen) atoms. The highest BCUT2D eigenvalue weighted by Gasteiger charge is 2.22. The second-order valence-electron chi connectivity index (χ2n) is 5.34. The van der Waals surface area contributed by atoms with E-state index in [0.29, 0.717) is 11.6 Å². The van der Waals surface area contributed by atoms with Gasteiger partial charge in [0.2, 0.25) is 5.16 Å². The Morgan fingerprint density at radius 1 is 1.08 bits per heavy atom. The summed E-state index contributed by atoms with van der Waals surface area (Å²) in [6, 6.07) is 13.8. The Morgan fingerprint density at radius 2 is 2.04 bits per heavy atom. The van der Waals surface area contributed by atoms with Gasteiger partial charge in [0.1, 0.15) is 11.3 Å². The Morgan fingerprint density at radius 3 is 2.92 bits per heavy atom. The molecule has 0 saturated heterocycles. The molecule has 0 unspecified atom stereocenters. The van der Waals surface area contributed by atoms with Crippen molar-refractivity contribution in [3.8, 4) is 11.4 Å². The summed E-state index contributed by atoms with van der Waals surface area (Å²) >= 11 is 1.60. The highest BCUT2D eigenvalue weighted by Crippen LogP contribution is 2.29. The zero-order valence-electron chi connectivity index (χ0n) is 12.5. The maximum absolute atomic E-state index is 5.93. The molecule has 4 aromatic rings. The quantitative estimate of drug-likeness (QED) is 0.562. The first-order valence-corrected chi connectivity index (χ1v) is 8.42. The van der Waals surface area contributed by atoms with Crippen molar-refractivity contribution in [2.75, 3.05) is 5.75 Å². The van der Waals surface area contributed by atoms with Crippen molar-refractivity contribution in [1.29, 1.82) is 0 Å². The highest BCUT2D eigenvalue weighted by molar-refractivity contribution is 7.99. The molecule has 0 saturated carbocycles. The molecule has 0 spiro atoms. The van der Waals surface area contributed by atoms with Crippen LogP contribution in [0.15, 0.2) is 69.5 Å². The third-order valence-electron chi connectivity index (χ3n) is 3.80. The molecule has 0 bridgehead atoms. The zero-order valence-corrected chi connectivity index (χ0v) is 13.3. The monoisotopic (exact) mass is 333 g/mol. The first-order chi connectivity index (χ1) is 11.9. The maximum Gasteiger partial charge on any atom is 0.212 e. The van der Waals surface area contributed by atoms with E-state index < -0.39 is 0 Å². The Bertz CT molecular complexity index is 1030. The van der Waals surface area contributed by atoms with Crippen LogP contribution in [0.5, 0.6) is 0 Å². The molecular weight excluding hydrogens is 322 g/mol. The molecule has 0 aliphatic carbocycles. The average Bonchev–Trinajstić information content (AvgIpc) is 3.26. The number of aromatic nitrogens is 4. The second kappa shape index (κ2) is 5.31. The first kappa shape index (κ1) is 13.5. The van der Waals surface area contributed by atoms with Crippen LogP contribution in [-0.2, 0) is 0 Å². The smallest absolute Gasteiger partial charge is 0.212 e. The van der Waals surface area contributed by atoms with Crippen LogP contribution >= 0.6 is 11.8 Å². The van der Waals surface area contributed by atoms with Gasteiger partial charge in [0.15, 0.2) is 11.6 Å². The van der Waals surface area contributed by atoms with Crippen LogP contribution in [-0.4, -0.2) is 31.3 Å². The van der Waals surface area contributed by atoms with Crippen molar-refractivity contribution in [1.82, 2.24) is 19.9 Å². The Labute approximate surface area is 141 Å². The second-order valence-corrected chi connectivity index (χ2v) is 6.29. The van der Waals surface area contributed by atoms with Crippen LogP contribution in [0.25, 0.3) is 22.4 Å². The first-order valence-electron chi connectivity index (χ1n) is 7.44. The minimum Gasteiger partial charge on any atom is -0.455 e. The number of furan rings is 1. The molecule has 0 atom stereocenters. The Kier molecular flexibility index (Phi) is 2.99. The lowest BCUT2D eigenvalue weighted by atomic mass is 10.2. The SMILES string of the molecule is c1cncc(-c2nnc3n2N=C(c2cc4ccccc4o2)CS3)c1. The van der Waals surface area contributed by atoms with Crippen molar-refractivity contribution in [2.45, 2.75) is 5.16 Å². The molecule has 0 radical (unpaired) electrons. The van der Waals surface area contributed by atoms with Gasteiger partial charge in [0, 0.05) is 29.1 Å². The van der Waals surface area contributed by atoms with Crippen LogP contribution in [0, 0.1) is 0 Å². The molecule has 1 aliphatic heterocycles.